The SMILES string of the molecule is COCCN(C)C(=O)c1cc(C)c2ncc(C(N)=O)c(Nc3ccc(F)c(OC)c3)c2c1. The van der Waals surface area contributed by atoms with Crippen LogP contribution in [0.15, 0.2) is 36.5 Å². The molecule has 0 aliphatic rings. The number of halogens is 1. The van der Waals surface area contributed by atoms with E-state index in [2.05, 4.69) is 10.3 Å². The van der Waals surface area contributed by atoms with Gasteiger partial charge in [0.2, 0.25) is 0 Å². The Balaban J connectivity index is 2.16. The summed E-state index contributed by atoms with van der Waals surface area (Å²) < 4.78 is 23.9. The number of hydrogen-bond acceptors (Lipinski definition) is 6. The summed E-state index contributed by atoms with van der Waals surface area (Å²) in [5.41, 5.74) is 8.35. The minimum atomic E-state index is -0.692. The van der Waals surface area contributed by atoms with Crippen molar-refractivity contribution in [2.75, 3.05) is 39.7 Å². The first-order chi connectivity index (χ1) is 15.3. The van der Waals surface area contributed by atoms with Crippen LogP contribution in [0.5, 0.6) is 5.75 Å². The van der Waals surface area contributed by atoms with E-state index in [0.717, 1.165) is 5.56 Å². The molecule has 0 spiro atoms. The lowest BCUT2D eigenvalue weighted by molar-refractivity contribution is 0.0744. The Morgan fingerprint density at radius 2 is 1.97 bits per heavy atom. The molecule has 0 saturated carbocycles. The van der Waals surface area contributed by atoms with Crippen molar-refractivity contribution < 1.29 is 23.5 Å². The fourth-order valence-corrected chi connectivity index (χ4v) is 3.36. The van der Waals surface area contributed by atoms with Gasteiger partial charge in [0, 0.05) is 49.6 Å². The van der Waals surface area contributed by atoms with Crippen molar-refractivity contribution in [2.45, 2.75) is 6.92 Å². The molecule has 3 aromatic rings. The van der Waals surface area contributed by atoms with E-state index in [1.54, 1.807) is 31.2 Å². The zero-order valence-corrected chi connectivity index (χ0v) is 18.4. The van der Waals surface area contributed by atoms with Gasteiger partial charge in [-0.05, 0) is 36.8 Å². The summed E-state index contributed by atoms with van der Waals surface area (Å²) in [4.78, 5) is 31.0. The summed E-state index contributed by atoms with van der Waals surface area (Å²) in [7, 11) is 4.61. The number of pyridine rings is 1. The molecule has 1 heterocycles. The third kappa shape index (κ3) is 4.62. The highest BCUT2D eigenvalue weighted by Crippen LogP contribution is 2.33. The fourth-order valence-electron chi connectivity index (χ4n) is 3.36. The van der Waals surface area contributed by atoms with Crippen LogP contribution in [0.25, 0.3) is 10.9 Å². The van der Waals surface area contributed by atoms with Gasteiger partial charge in [0.25, 0.3) is 11.8 Å². The van der Waals surface area contributed by atoms with Crippen molar-refractivity contribution in [3.63, 3.8) is 0 Å². The van der Waals surface area contributed by atoms with Crippen LogP contribution < -0.4 is 15.8 Å². The summed E-state index contributed by atoms with van der Waals surface area (Å²) in [6.45, 7) is 2.66. The number of primary amides is 1. The van der Waals surface area contributed by atoms with Crippen molar-refractivity contribution in [1.29, 1.82) is 0 Å². The molecule has 9 heteroatoms. The van der Waals surface area contributed by atoms with Crippen LogP contribution in [0.3, 0.4) is 0 Å². The molecule has 0 aliphatic carbocycles. The number of anilines is 2. The Morgan fingerprint density at radius 1 is 1.22 bits per heavy atom. The lowest BCUT2D eigenvalue weighted by Gasteiger charge is -2.19. The van der Waals surface area contributed by atoms with E-state index in [9.17, 15) is 14.0 Å². The Bertz CT molecular complexity index is 1180. The molecule has 168 valence electrons. The maximum absolute atomic E-state index is 13.8. The highest BCUT2D eigenvalue weighted by Gasteiger charge is 2.19. The van der Waals surface area contributed by atoms with Crippen LogP contribution in [0.4, 0.5) is 15.8 Å². The first kappa shape index (κ1) is 23.0. The number of aromatic nitrogens is 1. The number of fused-ring (bicyclic) bond motifs is 1. The van der Waals surface area contributed by atoms with E-state index in [1.165, 1.54) is 31.5 Å². The predicted molar refractivity (Wildman–Crippen MR) is 120 cm³/mol. The zero-order chi connectivity index (χ0) is 23.4. The summed E-state index contributed by atoms with van der Waals surface area (Å²) in [6, 6.07) is 7.63. The monoisotopic (exact) mass is 440 g/mol. The molecular weight excluding hydrogens is 415 g/mol. The summed E-state index contributed by atoms with van der Waals surface area (Å²) in [5, 5.41) is 3.66. The largest absolute Gasteiger partial charge is 0.494 e. The molecule has 8 nitrogen and oxygen atoms in total. The van der Waals surface area contributed by atoms with Gasteiger partial charge in [-0.15, -0.1) is 0 Å². The van der Waals surface area contributed by atoms with Gasteiger partial charge in [-0.1, -0.05) is 0 Å². The van der Waals surface area contributed by atoms with Gasteiger partial charge in [0.15, 0.2) is 11.6 Å². The number of nitrogens with two attached hydrogens (primary N) is 1. The van der Waals surface area contributed by atoms with E-state index in [0.29, 0.717) is 41.0 Å². The van der Waals surface area contributed by atoms with Gasteiger partial charge in [-0.2, -0.15) is 0 Å². The molecule has 0 saturated heterocycles. The molecule has 0 bridgehead atoms. The fraction of sp³-hybridized carbons (Fsp3) is 0.261. The average Bonchev–Trinajstić information content (AvgIpc) is 2.78. The molecule has 0 fully saturated rings. The first-order valence-electron chi connectivity index (χ1n) is 9.85. The van der Waals surface area contributed by atoms with Crippen LogP contribution in [0.1, 0.15) is 26.3 Å². The summed E-state index contributed by atoms with van der Waals surface area (Å²) >= 11 is 0. The molecular formula is C23H25FN4O4. The number of nitrogens with zero attached hydrogens (tertiary/aromatic N) is 2. The van der Waals surface area contributed by atoms with Crippen LogP contribution in [0.2, 0.25) is 0 Å². The van der Waals surface area contributed by atoms with Gasteiger partial charge in [0.1, 0.15) is 0 Å². The molecule has 0 atom stereocenters. The second-order valence-corrected chi connectivity index (χ2v) is 7.29. The van der Waals surface area contributed by atoms with Crippen LogP contribution in [0, 0.1) is 12.7 Å². The Morgan fingerprint density at radius 3 is 2.62 bits per heavy atom. The molecule has 0 unspecified atom stereocenters. The van der Waals surface area contributed by atoms with Crippen molar-refractivity contribution >= 4 is 34.1 Å². The van der Waals surface area contributed by atoms with Gasteiger partial charge in [-0.25, -0.2) is 4.39 Å². The topological polar surface area (TPSA) is 107 Å². The third-order valence-corrected chi connectivity index (χ3v) is 5.07. The predicted octanol–water partition coefficient (Wildman–Crippen LogP) is 3.25. The number of carbonyl (C=O) groups excluding carboxylic acids is 2. The molecule has 3 rings (SSSR count). The lowest BCUT2D eigenvalue weighted by atomic mass is 10.0. The van der Waals surface area contributed by atoms with Crippen LogP contribution >= 0.6 is 0 Å². The van der Waals surface area contributed by atoms with E-state index in [4.69, 9.17) is 15.2 Å². The maximum atomic E-state index is 13.8. The van der Waals surface area contributed by atoms with E-state index < -0.39 is 11.7 Å². The summed E-state index contributed by atoms with van der Waals surface area (Å²) in [5.74, 6) is -1.37. The summed E-state index contributed by atoms with van der Waals surface area (Å²) in [6.07, 6.45) is 1.38. The third-order valence-electron chi connectivity index (χ3n) is 5.07. The molecule has 32 heavy (non-hydrogen) atoms. The van der Waals surface area contributed by atoms with E-state index in [1.807, 2.05) is 6.92 Å². The number of benzene rings is 2. The standard InChI is InChI=1S/C23H25FN4O4/c1-13-9-14(23(30)28(2)7-8-31-3)10-16-20(13)26-12-17(22(25)29)21(16)27-15-5-6-18(24)19(11-15)32-4/h5-6,9-12H,7-8H2,1-4H3,(H2,25,29)(H,26,27). The highest BCUT2D eigenvalue weighted by atomic mass is 19.1. The molecule has 2 amide bonds. The average molecular weight is 440 g/mol. The molecule has 0 aliphatic heterocycles. The number of carbonyl (C=O) groups is 2. The first-order valence-corrected chi connectivity index (χ1v) is 9.85. The van der Waals surface area contributed by atoms with Crippen molar-refractivity contribution in [2.24, 2.45) is 5.73 Å². The number of likely N-dealkylation sites (N-methyl/N-ethyl adjacent to an activating group) is 1. The quantitative estimate of drug-likeness (QED) is 0.557. The molecule has 0 radical (unpaired) electrons. The number of rotatable bonds is 8. The number of aryl methyl sites for hydroxylation is 1. The van der Waals surface area contributed by atoms with E-state index in [-0.39, 0.29) is 17.2 Å². The van der Waals surface area contributed by atoms with Crippen LogP contribution in [-0.4, -0.2) is 56.1 Å². The van der Waals surface area contributed by atoms with Gasteiger partial charge >= 0.3 is 0 Å². The minimum absolute atomic E-state index is 0.0424. The Kier molecular flexibility index (Phi) is 6.89. The Hall–Kier alpha value is -3.72. The Labute approximate surface area is 185 Å². The smallest absolute Gasteiger partial charge is 0.253 e. The van der Waals surface area contributed by atoms with E-state index >= 15 is 0 Å². The van der Waals surface area contributed by atoms with Gasteiger partial charge in [0.05, 0.1) is 30.5 Å². The molecule has 3 N–H and O–H groups in total. The van der Waals surface area contributed by atoms with Gasteiger partial charge in [-0.3, -0.25) is 14.6 Å². The normalized spacial score (nSPS) is 10.8. The van der Waals surface area contributed by atoms with Crippen molar-refractivity contribution in [3.8, 4) is 5.75 Å². The van der Waals surface area contributed by atoms with Crippen molar-refractivity contribution in [1.82, 2.24) is 9.88 Å². The maximum Gasteiger partial charge on any atom is 0.253 e. The minimum Gasteiger partial charge on any atom is -0.494 e. The number of amides is 2. The van der Waals surface area contributed by atoms with Gasteiger partial charge < -0.3 is 25.4 Å². The van der Waals surface area contributed by atoms with Crippen molar-refractivity contribution in [3.05, 3.63) is 59.0 Å². The number of hydrogen-bond donors (Lipinski definition) is 2. The number of ether oxygens (including phenoxy) is 2. The number of methoxy groups -OCH3 is 2. The second-order valence-electron chi connectivity index (χ2n) is 7.29. The second kappa shape index (κ2) is 9.61. The zero-order valence-electron chi connectivity index (χ0n) is 18.4. The lowest BCUT2D eigenvalue weighted by Crippen LogP contribution is -2.30. The van der Waals surface area contributed by atoms with Crippen LogP contribution in [-0.2, 0) is 4.74 Å². The number of nitrogens with one attached hydrogen (secondary N) is 1. The highest BCUT2D eigenvalue weighted by molar-refractivity contribution is 6.10. The molecule has 2 aromatic carbocycles. The molecule has 1 aromatic heterocycles.